The highest BCUT2D eigenvalue weighted by molar-refractivity contribution is 9.10. The number of benzene rings is 2. The third-order valence-electron chi connectivity index (χ3n) is 5.31. The normalized spacial score (nSPS) is 15.1. The lowest BCUT2D eigenvalue weighted by Gasteiger charge is -2.22. The summed E-state index contributed by atoms with van der Waals surface area (Å²) in [7, 11) is 1.47. The lowest BCUT2D eigenvalue weighted by molar-refractivity contribution is -0.0291. The third-order valence-corrected chi connectivity index (χ3v) is 5.88. The minimum absolute atomic E-state index is 0.0735. The van der Waals surface area contributed by atoms with Gasteiger partial charge in [-0.05, 0) is 54.0 Å². The molecule has 10 heteroatoms. The molecule has 1 fully saturated rings. The molecule has 2 aromatic carbocycles. The number of likely N-dealkylation sites (tertiary alicyclic amines) is 1. The Labute approximate surface area is 193 Å². The number of anilines is 2. The zero-order valence-electron chi connectivity index (χ0n) is 17.5. The molecule has 1 aliphatic heterocycles. The monoisotopic (exact) mass is 506 g/mol. The number of halogens is 2. The van der Waals surface area contributed by atoms with Crippen molar-refractivity contribution in [3.63, 3.8) is 0 Å². The lowest BCUT2D eigenvalue weighted by Crippen LogP contribution is -2.27. The van der Waals surface area contributed by atoms with E-state index in [2.05, 4.69) is 36.1 Å². The Hall–Kier alpha value is -2.69. The number of hydrogen-bond acceptors (Lipinski definition) is 8. The van der Waals surface area contributed by atoms with Crippen LogP contribution in [0.2, 0.25) is 0 Å². The van der Waals surface area contributed by atoms with Gasteiger partial charge in [0.2, 0.25) is 0 Å². The van der Waals surface area contributed by atoms with Crippen LogP contribution >= 0.6 is 15.9 Å². The van der Waals surface area contributed by atoms with Crippen molar-refractivity contribution in [1.82, 2.24) is 14.9 Å². The Morgan fingerprint density at radius 3 is 2.75 bits per heavy atom. The van der Waals surface area contributed by atoms with Gasteiger partial charge in [0.15, 0.2) is 17.8 Å². The van der Waals surface area contributed by atoms with Gasteiger partial charge >= 0.3 is 6.08 Å². The SMILES string of the molecule is COc1c(OC(O)CCN2CCCC2)cc2nc(F)nc(Br)c2c1Nc1cccc(O)c1. The lowest BCUT2D eigenvalue weighted by atomic mass is 10.1. The number of phenolic OH excluding ortho intramolecular Hbond substituents is 1. The molecule has 1 unspecified atom stereocenters. The highest BCUT2D eigenvalue weighted by atomic mass is 79.9. The summed E-state index contributed by atoms with van der Waals surface area (Å²) in [6, 6.07) is 8.02. The van der Waals surface area contributed by atoms with E-state index in [1.807, 2.05) is 0 Å². The van der Waals surface area contributed by atoms with Gasteiger partial charge in [0.05, 0.1) is 23.7 Å². The number of hydrogen-bond donors (Lipinski definition) is 3. The Bertz CT molecular complexity index is 1110. The molecule has 0 spiro atoms. The fourth-order valence-corrected chi connectivity index (χ4v) is 4.37. The smallest absolute Gasteiger partial charge is 0.310 e. The van der Waals surface area contributed by atoms with E-state index in [0.717, 1.165) is 13.1 Å². The Morgan fingerprint density at radius 2 is 2.03 bits per heavy atom. The van der Waals surface area contributed by atoms with Crippen molar-refractivity contribution < 1.29 is 24.1 Å². The number of nitrogens with one attached hydrogen (secondary N) is 1. The van der Waals surface area contributed by atoms with Crippen LogP contribution in [0.25, 0.3) is 10.9 Å². The van der Waals surface area contributed by atoms with Crippen molar-refractivity contribution in [3.05, 3.63) is 41.0 Å². The number of rotatable bonds is 8. The zero-order valence-corrected chi connectivity index (χ0v) is 19.1. The van der Waals surface area contributed by atoms with E-state index in [0.29, 0.717) is 29.7 Å². The van der Waals surface area contributed by atoms with E-state index in [1.54, 1.807) is 18.2 Å². The molecule has 2 heterocycles. The van der Waals surface area contributed by atoms with Gasteiger partial charge in [0.25, 0.3) is 0 Å². The number of aromatic hydroxyl groups is 1. The van der Waals surface area contributed by atoms with Crippen LogP contribution in [0.5, 0.6) is 17.2 Å². The number of aliphatic hydroxyl groups is 1. The van der Waals surface area contributed by atoms with E-state index in [-0.39, 0.29) is 27.4 Å². The number of phenols is 1. The van der Waals surface area contributed by atoms with Crippen LogP contribution in [0.1, 0.15) is 19.3 Å². The molecule has 0 amide bonds. The fraction of sp³-hybridized carbons (Fsp3) is 0.364. The summed E-state index contributed by atoms with van der Waals surface area (Å²) < 4.78 is 25.6. The molecule has 170 valence electrons. The predicted octanol–water partition coefficient (Wildman–Crippen LogP) is 4.17. The van der Waals surface area contributed by atoms with E-state index in [1.165, 1.54) is 32.1 Å². The molecular weight excluding hydrogens is 483 g/mol. The maximum atomic E-state index is 13.9. The van der Waals surface area contributed by atoms with Crippen LogP contribution in [0, 0.1) is 6.08 Å². The van der Waals surface area contributed by atoms with E-state index < -0.39 is 12.4 Å². The van der Waals surface area contributed by atoms with Gasteiger partial charge in [-0.2, -0.15) is 9.37 Å². The average Bonchev–Trinajstić information content (AvgIpc) is 3.25. The number of aliphatic hydroxyl groups excluding tert-OH is 1. The van der Waals surface area contributed by atoms with E-state index in [9.17, 15) is 14.6 Å². The Kier molecular flexibility index (Phi) is 6.92. The molecule has 8 nitrogen and oxygen atoms in total. The average molecular weight is 507 g/mol. The summed E-state index contributed by atoms with van der Waals surface area (Å²) >= 11 is 3.30. The van der Waals surface area contributed by atoms with Crippen LogP contribution in [0.15, 0.2) is 34.9 Å². The van der Waals surface area contributed by atoms with Crippen LogP contribution in [0.3, 0.4) is 0 Å². The maximum absolute atomic E-state index is 13.9. The summed E-state index contributed by atoms with van der Waals surface area (Å²) in [5.74, 6) is 0.572. The molecule has 1 aliphatic rings. The summed E-state index contributed by atoms with van der Waals surface area (Å²) in [5, 5.41) is 24.0. The Balaban J connectivity index is 1.71. The van der Waals surface area contributed by atoms with Crippen molar-refractivity contribution in [3.8, 4) is 17.2 Å². The molecular formula is C22H24BrFN4O4. The van der Waals surface area contributed by atoms with Crippen molar-refractivity contribution in [2.45, 2.75) is 25.6 Å². The molecule has 1 atom stereocenters. The van der Waals surface area contributed by atoms with Crippen molar-refractivity contribution in [2.24, 2.45) is 0 Å². The van der Waals surface area contributed by atoms with E-state index >= 15 is 0 Å². The standard InChI is InChI=1S/C22H24BrFN4O4/c1-31-20-16(32-17(30)7-10-28-8-2-3-9-28)12-15-18(21(23)27-22(24)26-15)19(20)25-13-5-4-6-14(29)11-13/h4-6,11-12,17,25,29-30H,2-3,7-10H2,1H3. The van der Waals surface area contributed by atoms with Crippen molar-refractivity contribution in [2.75, 3.05) is 32.1 Å². The van der Waals surface area contributed by atoms with Crippen LogP contribution in [-0.2, 0) is 0 Å². The molecule has 1 saturated heterocycles. The first kappa shape index (κ1) is 22.5. The minimum atomic E-state index is -1.08. The van der Waals surface area contributed by atoms with Gasteiger partial charge in [-0.25, -0.2) is 4.98 Å². The van der Waals surface area contributed by atoms with Crippen molar-refractivity contribution >= 4 is 38.2 Å². The second-order valence-corrected chi connectivity index (χ2v) is 8.30. The van der Waals surface area contributed by atoms with Gasteiger partial charge in [0.1, 0.15) is 10.4 Å². The largest absolute Gasteiger partial charge is 0.508 e. The van der Waals surface area contributed by atoms with Gasteiger partial charge in [-0.15, -0.1) is 0 Å². The topological polar surface area (TPSA) is 100.0 Å². The fourth-order valence-electron chi connectivity index (χ4n) is 3.83. The van der Waals surface area contributed by atoms with Gasteiger partial charge in [0, 0.05) is 30.8 Å². The minimum Gasteiger partial charge on any atom is -0.508 e. The molecule has 32 heavy (non-hydrogen) atoms. The predicted molar refractivity (Wildman–Crippen MR) is 122 cm³/mol. The molecule has 3 N–H and O–H groups in total. The number of nitrogens with zero attached hydrogens (tertiary/aromatic N) is 3. The van der Waals surface area contributed by atoms with E-state index in [4.69, 9.17) is 9.47 Å². The van der Waals surface area contributed by atoms with Gasteiger partial charge in [-0.3, -0.25) is 0 Å². The number of methoxy groups -OCH3 is 1. The molecule has 0 aliphatic carbocycles. The summed E-state index contributed by atoms with van der Waals surface area (Å²) in [6.07, 6.45) is 0.765. The molecule has 0 saturated carbocycles. The van der Waals surface area contributed by atoms with Gasteiger partial charge in [-0.1, -0.05) is 6.07 Å². The molecule has 0 radical (unpaired) electrons. The van der Waals surface area contributed by atoms with Gasteiger partial charge < -0.3 is 29.9 Å². The number of fused-ring (bicyclic) bond motifs is 1. The second kappa shape index (κ2) is 9.85. The zero-order chi connectivity index (χ0) is 22.7. The highest BCUT2D eigenvalue weighted by Crippen LogP contribution is 2.45. The highest BCUT2D eigenvalue weighted by Gasteiger charge is 2.23. The summed E-state index contributed by atoms with van der Waals surface area (Å²) in [5.41, 5.74) is 1.23. The number of aromatic nitrogens is 2. The first-order valence-corrected chi connectivity index (χ1v) is 11.1. The third kappa shape index (κ3) is 5.03. The van der Waals surface area contributed by atoms with Crippen LogP contribution < -0.4 is 14.8 Å². The van der Waals surface area contributed by atoms with Crippen LogP contribution in [-0.4, -0.2) is 58.1 Å². The number of ether oxygens (including phenoxy) is 2. The first-order chi connectivity index (χ1) is 15.4. The van der Waals surface area contributed by atoms with Crippen LogP contribution in [0.4, 0.5) is 15.8 Å². The molecule has 1 aromatic heterocycles. The molecule has 0 bridgehead atoms. The Morgan fingerprint density at radius 1 is 1.25 bits per heavy atom. The quantitative estimate of drug-likeness (QED) is 0.237. The summed E-state index contributed by atoms with van der Waals surface area (Å²) in [4.78, 5) is 9.92. The molecule has 3 aromatic rings. The maximum Gasteiger partial charge on any atom is 0.310 e. The van der Waals surface area contributed by atoms with Crippen molar-refractivity contribution in [1.29, 1.82) is 0 Å². The second-order valence-electron chi connectivity index (χ2n) is 7.55. The summed E-state index contributed by atoms with van der Waals surface area (Å²) in [6.45, 7) is 2.76. The molecule has 4 rings (SSSR count). The first-order valence-electron chi connectivity index (χ1n) is 10.3.